The summed E-state index contributed by atoms with van der Waals surface area (Å²) < 4.78 is 0. The molecule has 0 aromatic carbocycles. The zero-order valence-electron chi connectivity index (χ0n) is 8.47. The van der Waals surface area contributed by atoms with E-state index in [0.717, 1.165) is 18.7 Å². The molecule has 0 aromatic rings. The number of unbranched alkanes of at least 4 members (excludes halogenated alkanes) is 3. The van der Waals surface area contributed by atoms with Crippen LogP contribution in [-0.4, -0.2) is 17.6 Å². The van der Waals surface area contributed by atoms with Gasteiger partial charge in [0.1, 0.15) is 0 Å². The minimum Gasteiger partial charge on any atom is -0.478 e. The Kier molecular flexibility index (Phi) is 7.07. The fourth-order valence-corrected chi connectivity index (χ4v) is 1.07. The third kappa shape index (κ3) is 8.92. The van der Waals surface area contributed by atoms with Gasteiger partial charge in [-0.1, -0.05) is 26.2 Å². The Labute approximate surface area is 79.8 Å². The van der Waals surface area contributed by atoms with Gasteiger partial charge in [-0.25, -0.2) is 4.79 Å². The molecule has 3 heteroatoms. The molecule has 0 heterocycles. The van der Waals surface area contributed by atoms with Crippen molar-refractivity contribution in [2.24, 2.45) is 0 Å². The van der Waals surface area contributed by atoms with Gasteiger partial charge in [-0.2, -0.15) is 0 Å². The second-order valence-electron chi connectivity index (χ2n) is 3.15. The third-order valence-corrected chi connectivity index (χ3v) is 1.77. The van der Waals surface area contributed by atoms with Crippen LogP contribution in [0.3, 0.4) is 0 Å². The van der Waals surface area contributed by atoms with Gasteiger partial charge in [0.15, 0.2) is 0 Å². The Bertz CT molecular complexity index is 176. The first-order valence-corrected chi connectivity index (χ1v) is 4.82. The minimum absolute atomic E-state index is 0.726. The predicted molar refractivity (Wildman–Crippen MR) is 53.5 cm³/mol. The van der Waals surface area contributed by atoms with Crippen LogP contribution >= 0.6 is 0 Å². The first-order chi connectivity index (χ1) is 6.16. The van der Waals surface area contributed by atoms with Crippen molar-refractivity contribution in [1.29, 1.82) is 0 Å². The molecule has 0 radical (unpaired) electrons. The van der Waals surface area contributed by atoms with E-state index in [1.165, 1.54) is 25.3 Å². The van der Waals surface area contributed by atoms with Crippen LogP contribution in [0.25, 0.3) is 0 Å². The van der Waals surface area contributed by atoms with E-state index in [-0.39, 0.29) is 0 Å². The molecular formula is C10H19NO2. The first kappa shape index (κ1) is 12.0. The Morgan fingerprint density at radius 2 is 2.08 bits per heavy atom. The van der Waals surface area contributed by atoms with Crippen molar-refractivity contribution in [3.63, 3.8) is 0 Å². The molecule has 0 saturated heterocycles. The van der Waals surface area contributed by atoms with Gasteiger partial charge in [0.2, 0.25) is 0 Å². The van der Waals surface area contributed by atoms with Crippen LogP contribution in [0.15, 0.2) is 11.8 Å². The zero-order chi connectivity index (χ0) is 10.1. The highest BCUT2D eigenvalue weighted by Crippen LogP contribution is 1.97. The van der Waals surface area contributed by atoms with Gasteiger partial charge in [-0.05, 0) is 13.3 Å². The fraction of sp³-hybridized carbons (Fsp3) is 0.700. The van der Waals surface area contributed by atoms with Crippen LogP contribution in [0, 0.1) is 0 Å². The van der Waals surface area contributed by atoms with E-state index >= 15 is 0 Å². The number of rotatable bonds is 7. The topological polar surface area (TPSA) is 49.3 Å². The highest BCUT2D eigenvalue weighted by atomic mass is 16.4. The summed E-state index contributed by atoms with van der Waals surface area (Å²) >= 11 is 0. The van der Waals surface area contributed by atoms with E-state index in [2.05, 4.69) is 12.2 Å². The quantitative estimate of drug-likeness (QED) is 0.472. The molecule has 0 aliphatic heterocycles. The maximum Gasteiger partial charge on any atom is 0.330 e. The highest BCUT2D eigenvalue weighted by molar-refractivity contribution is 5.80. The van der Waals surface area contributed by atoms with Gasteiger partial charge in [-0.15, -0.1) is 0 Å². The van der Waals surface area contributed by atoms with E-state index in [1.807, 2.05) is 0 Å². The standard InChI is InChI=1S/C10H19NO2/c1-3-4-5-6-7-11-9(2)8-10(12)13/h8,11H,3-7H2,1-2H3,(H,12,13). The molecule has 0 amide bonds. The van der Waals surface area contributed by atoms with Crippen molar-refractivity contribution in [3.8, 4) is 0 Å². The summed E-state index contributed by atoms with van der Waals surface area (Å²) in [6.07, 6.45) is 6.00. The lowest BCUT2D eigenvalue weighted by atomic mass is 10.2. The molecule has 0 aliphatic rings. The number of aliphatic carboxylic acids is 1. The van der Waals surface area contributed by atoms with Crippen molar-refractivity contribution >= 4 is 5.97 Å². The molecule has 2 N–H and O–H groups in total. The van der Waals surface area contributed by atoms with E-state index in [9.17, 15) is 4.79 Å². The predicted octanol–water partition coefficient (Wildman–Crippen LogP) is 2.14. The molecule has 0 fully saturated rings. The Morgan fingerprint density at radius 1 is 1.38 bits per heavy atom. The van der Waals surface area contributed by atoms with Gasteiger partial charge in [0, 0.05) is 18.3 Å². The Morgan fingerprint density at radius 3 is 2.62 bits per heavy atom. The van der Waals surface area contributed by atoms with Gasteiger partial charge in [-0.3, -0.25) is 0 Å². The Hall–Kier alpha value is -0.990. The number of carboxylic acids is 1. The van der Waals surface area contributed by atoms with Crippen LogP contribution in [0.4, 0.5) is 0 Å². The lowest BCUT2D eigenvalue weighted by molar-refractivity contribution is -0.131. The second-order valence-corrected chi connectivity index (χ2v) is 3.15. The molecule has 0 bridgehead atoms. The summed E-state index contributed by atoms with van der Waals surface area (Å²) in [6, 6.07) is 0. The van der Waals surface area contributed by atoms with Gasteiger partial charge in [0.25, 0.3) is 0 Å². The monoisotopic (exact) mass is 185 g/mol. The molecule has 0 rings (SSSR count). The summed E-state index contributed by atoms with van der Waals surface area (Å²) in [4.78, 5) is 10.2. The van der Waals surface area contributed by atoms with E-state index in [0.29, 0.717) is 0 Å². The number of nitrogens with one attached hydrogen (secondary N) is 1. The summed E-state index contributed by atoms with van der Waals surface area (Å²) in [5.41, 5.74) is 0.726. The average Bonchev–Trinajstić information content (AvgIpc) is 2.02. The number of hydrogen-bond donors (Lipinski definition) is 2. The van der Waals surface area contributed by atoms with Crippen LogP contribution < -0.4 is 5.32 Å². The minimum atomic E-state index is -0.890. The fourth-order valence-electron chi connectivity index (χ4n) is 1.07. The number of carbonyl (C=O) groups is 1. The van der Waals surface area contributed by atoms with Crippen molar-refractivity contribution in [1.82, 2.24) is 5.32 Å². The van der Waals surface area contributed by atoms with Gasteiger partial charge >= 0.3 is 5.97 Å². The van der Waals surface area contributed by atoms with Crippen LogP contribution in [0.2, 0.25) is 0 Å². The van der Waals surface area contributed by atoms with E-state index in [1.54, 1.807) is 6.92 Å². The second kappa shape index (κ2) is 7.65. The zero-order valence-corrected chi connectivity index (χ0v) is 8.47. The van der Waals surface area contributed by atoms with Crippen molar-refractivity contribution < 1.29 is 9.90 Å². The van der Waals surface area contributed by atoms with Crippen molar-refractivity contribution in [3.05, 3.63) is 11.8 Å². The Balaban J connectivity index is 3.37. The molecule has 0 aliphatic carbocycles. The van der Waals surface area contributed by atoms with Crippen LogP contribution in [0.5, 0.6) is 0 Å². The van der Waals surface area contributed by atoms with Crippen LogP contribution in [-0.2, 0) is 4.79 Å². The van der Waals surface area contributed by atoms with Crippen LogP contribution in [0.1, 0.15) is 39.5 Å². The van der Waals surface area contributed by atoms with Gasteiger partial charge in [0.05, 0.1) is 0 Å². The summed E-state index contributed by atoms with van der Waals surface area (Å²) in [6.45, 7) is 4.81. The average molecular weight is 185 g/mol. The summed E-state index contributed by atoms with van der Waals surface area (Å²) in [7, 11) is 0. The van der Waals surface area contributed by atoms with Crippen molar-refractivity contribution in [2.75, 3.05) is 6.54 Å². The SMILES string of the molecule is CCCCCCNC(C)=CC(=O)O. The highest BCUT2D eigenvalue weighted by Gasteiger charge is 1.92. The third-order valence-electron chi connectivity index (χ3n) is 1.77. The lowest BCUT2D eigenvalue weighted by Crippen LogP contribution is -2.13. The molecule has 0 unspecified atom stereocenters. The smallest absolute Gasteiger partial charge is 0.330 e. The van der Waals surface area contributed by atoms with Crippen molar-refractivity contribution in [2.45, 2.75) is 39.5 Å². The van der Waals surface area contributed by atoms with Gasteiger partial charge < -0.3 is 10.4 Å². The molecule has 76 valence electrons. The number of allylic oxidation sites excluding steroid dienone is 1. The molecule has 0 spiro atoms. The lowest BCUT2D eigenvalue weighted by Gasteiger charge is -2.04. The summed E-state index contributed by atoms with van der Waals surface area (Å²) in [5.74, 6) is -0.890. The van der Waals surface area contributed by atoms with E-state index < -0.39 is 5.97 Å². The molecule has 0 atom stereocenters. The molecular weight excluding hydrogens is 166 g/mol. The molecule has 13 heavy (non-hydrogen) atoms. The molecule has 0 saturated carbocycles. The number of hydrogen-bond acceptors (Lipinski definition) is 2. The largest absolute Gasteiger partial charge is 0.478 e. The normalized spacial score (nSPS) is 11.4. The number of carboxylic acid groups (broad SMARTS) is 1. The summed E-state index contributed by atoms with van der Waals surface area (Å²) in [5, 5.41) is 11.5. The molecule has 3 nitrogen and oxygen atoms in total. The first-order valence-electron chi connectivity index (χ1n) is 4.82. The van der Waals surface area contributed by atoms with E-state index in [4.69, 9.17) is 5.11 Å². The molecule has 0 aromatic heterocycles. The maximum absolute atomic E-state index is 10.2. The maximum atomic E-state index is 10.2.